The second-order valence-electron chi connectivity index (χ2n) is 5.42. The lowest BCUT2D eigenvalue weighted by molar-refractivity contribution is -0.0978. The first kappa shape index (κ1) is 13.6. The molecule has 1 atom stereocenters. The van der Waals surface area contributed by atoms with Crippen LogP contribution in [0.25, 0.3) is 0 Å². The van der Waals surface area contributed by atoms with Crippen LogP contribution in [0.1, 0.15) is 37.3 Å². The average molecular weight is 247 g/mol. The predicted molar refractivity (Wildman–Crippen MR) is 75.9 cm³/mol. The highest BCUT2D eigenvalue weighted by molar-refractivity contribution is 5.23. The number of rotatable bonds is 6. The summed E-state index contributed by atoms with van der Waals surface area (Å²) in [6.45, 7) is 5.31. The Morgan fingerprint density at radius 1 is 1.28 bits per heavy atom. The van der Waals surface area contributed by atoms with E-state index >= 15 is 0 Å². The zero-order valence-electron chi connectivity index (χ0n) is 11.8. The Balaban J connectivity index is 2.08. The molecule has 100 valence electrons. The van der Waals surface area contributed by atoms with E-state index in [-0.39, 0.29) is 5.60 Å². The summed E-state index contributed by atoms with van der Waals surface area (Å²) in [6.07, 6.45) is 4.73. The minimum absolute atomic E-state index is 0.0703. The molecule has 0 spiro atoms. The van der Waals surface area contributed by atoms with Crippen LogP contribution in [0, 0.1) is 6.92 Å². The molecule has 0 heterocycles. The molecule has 1 aliphatic rings. The Morgan fingerprint density at radius 2 is 1.94 bits per heavy atom. The molecule has 2 rings (SSSR count). The summed E-state index contributed by atoms with van der Waals surface area (Å²) in [4.78, 5) is 0. The number of nitrogens with one attached hydrogen (secondary N) is 1. The molecule has 1 aliphatic carbocycles. The van der Waals surface area contributed by atoms with E-state index in [0.29, 0.717) is 6.04 Å². The smallest absolute Gasteiger partial charge is 0.0834 e. The van der Waals surface area contributed by atoms with Gasteiger partial charge in [0.15, 0.2) is 0 Å². The van der Waals surface area contributed by atoms with Gasteiger partial charge in [0, 0.05) is 13.2 Å². The van der Waals surface area contributed by atoms with E-state index in [9.17, 15) is 0 Å². The fourth-order valence-electron chi connectivity index (χ4n) is 2.87. The van der Waals surface area contributed by atoms with Gasteiger partial charge in [-0.15, -0.1) is 0 Å². The molecule has 0 radical (unpaired) electrons. The highest BCUT2D eigenvalue weighted by atomic mass is 16.5. The van der Waals surface area contributed by atoms with E-state index in [1.54, 1.807) is 0 Å². The molecule has 0 saturated heterocycles. The second-order valence-corrected chi connectivity index (χ2v) is 5.42. The topological polar surface area (TPSA) is 21.3 Å². The van der Waals surface area contributed by atoms with Crippen LogP contribution in [0.5, 0.6) is 0 Å². The third-order valence-electron chi connectivity index (χ3n) is 4.25. The number of hydrogen-bond acceptors (Lipinski definition) is 2. The number of likely N-dealkylation sites (N-methyl/N-ethyl adjacent to an activating group) is 1. The molecule has 0 aromatic heterocycles. The van der Waals surface area contributed by atoms with E-state index in [4.69, 9.17) is 4.74 Å². The van der Waals surface area contributed by atoms with Crippen LogP contribution in [-0.2, 0) is 11.2 Å². The monoisotopic (exact) mass is 247 g/mol. The summed E-state index contributed by atoms with van der Waals surface area (Å²) in [7, 11) is 1.86. The number of methoxy groups -OCH3 is 1. The van der Waals surface area contributed by atoms with Crippen LogP contribution in [0.15, 0.2) is 24.3 Å². The maximum atomic E-state index is 5.82. The maximum Gasteiger partial charge on any atom is 0.0834 e. The van der Waals surface area contributed by atoms with Crippen LogP contribution < -0.4 is 5.32 Å². The average Bonchev–Trinajstić information content (AvgIpc) is 2.31. The number of ether oxygens (including phenoxy) is 1. The van der Waals surface area contributed by atoms with Gasteiger partial charge in [-0.2, -0.15) is 0 Å². The Bertz CT molecular complexity index is 362. The Hall–Kier alpha value is -0.860. The van der Waals surface area contributed by atoms with Crippen molar-refractivity contribution in [3.8, 4) is 0 Å². The summed E-state index contributed by atoms with van der Waals surface area (Å²) in [5.74, 6) is 0. The quantitative estimate of drug-likeness (QED) is 0.834. The van der Waals surface area contributed by atoms with Crippen LogP contribution in [0.3, 0.4) is 0 Å². The normalized spacial score (nSPS) is 19.3. The van der Waals surface area contributed by atoms with Crippen molar-refractivity contribution in [2.75, 3.05) is 13.7 Å². The fraction of sp³-hybridized carbons (Fsp3) is 0.625. The molecule has 2 heteroatoms. The van der Waals surface area contributed by atoms with E-state index in [1.165, 1.54) is 30.4 Å². The first-order valence-electron chi connectivity index (χ1n) is 7.04. The van der Waals surface area contributed by atoms with Gasteiger partial charge >= 0.3 is 0 Å². The minimum Gasteiger partial charge on any atom is -0.377 e. The van der Waals surface area contributed by atoms with Gasteiger partial charge in [-0.3, -0.25) is 0 Å². The van der Waals surface area contributed by atoms with Gasteiger partial charge in [0.25, 0.3) is 0 Å². The molecule has 1 aromatic carbocycles. The molecule has 1 aromatic rings. The lowest BCUT2D eigenvalue weighted by Gasteiger charge is -2.47. The van der Waals surface area contributed by atoms with E-state index in [2.05, 4.69) is 43.4 Å². The molecule has 0 bridgehead atoms. The fourth-order valence-corrected chi connectivity index (χ4v) is 2.87. The third kappa shape index (κ3) is 2.76. The highest BCUT2D eigenvalue weighted by Crippen LogP contribution is 2.39. The second kappa shape index (κ2) is 5.85. The first-order valence-corrected chi connectivity index (χ1v) is 7.04. The largest absolute Gasteiger partial charge is 0.377 e. The molecule has 18 heavy (non-hydrogen) atoms. The molecular weight excluding hydrogens is 222 g/mol. The van der Waals surface area contributed by atoms with Crippen molar-refractivity contribution in [3.05, 3.63) is 35.4 Å². The lowest BCUT2D eigenvalue weighted by atomic mass is 9.72. The summed E-state index contributed by atoms with van der Waals surface area (Å²) >= 11 is 0. The van der Waals surface area contributed by atoms with Gasteiger partial charge in [-0.1, -0.05) is 36.8 Å². The first-order chi connectivity index (χ1) is 8.70. The van der Waals surface area contributed by atoms with Gasteiger partial charge in [-0.05, 0) is 44.7 Å². The summed E-state index contributed by atoms with van der Waals surface area (Å²) in [6, 6.07) is 9.30. The van der Waals surface area contributed by atoms with Crippen LogP contribution in [0.4, 0.5) is 0 Å². The molecule has 2 nitrogen and oxygen atoms in total. The Morgan fingerprint density at radius 3 is 2.39 bits per heavy atom. The van der Waals surface area contributed by atoms with Gasteiger partial charge in [0.1, 0.15) is 0 Å². The van der Waals surface area contributed by atoms with Crippen molar-refractivity contribution >= 4 is 0 Å². The van der Waals surface area contributed by atoms with Crippen molar-refractivity contribution in [3.63, 3.8) is 0 Å². The Labute approximate surface area is 111 Å². The van der Waals surface area contributed by atoms with Crippen molar-refractivity contribution in [1.82, 2.24) is 5.32 Å². The standard InChI is InChI=1S/C16H25NO/c1-4-17-15(16(18-3)10-5-11-16)12-14-8-6-13(2)7-9-14/h6-9,15,17H,4-5,10-12H2,1-3H3. The molecule has 0 amide bonds. The molecule has 1 unspecified atom stereocenters. The summed E-state index contributed by atoms with van der Waals surface area (Å²) in [5, 5.41) is 3.61. The summed E-state index contributed by atoms with van der Waals surface area (Å²) < 4.78 is 5.82. The van der Waals surface area contributed by atoms with Crippen molar-refractivity contribution < 1.29 is 4.74 Å². The van der Waals surface area contributed by atoms with E-state index in [1.807, 2.05) is 7.11 Å². The molecule has 0 aliphatic heterocycles. The SMILES string of the molecule is CCNC(Cc1ccc(C)cc1)C1(OC)CCC1. The minimum atomic E-state index is 0.0703. The molecule has 1 N–H and O–H groups in total. The van der Waals surface area contributed by atoms with E-state index in [0.717, 1.165) is 13.0 Å². The molecule has 1 saturated carbocycles. The zero-order valence-corrected chi connectivity index (χ0v) is 11.8. The predicted octanol–water partition coefficient (Wildman–Crippen LogP) is 3.08. The van der Waals surface area contributed by atoms with Crippen LogP contribution in [0.2, 0.25) is 0 Å². The Kier molecular flexibility index (Phi) is 4.41. The maximum absolute atomic E-state index is 5.82. The number of aryl methyl sites for hydroxylation is 1. The van der Waals surface area contributed by atoms with Crippen LogP contribution >= 0.6 is 0 Å². The van der Waals surface area contributed by atoms with Gasteiger partial charge < -0.3 is 10.1 Å². The highest BCUT2D eigenvalue weighted by Gasteiger charge is 2.43. The zero-order chi connectivity index (χ0) is 13.0. The number of benzene rings is 1. The van der Waals surface area contributed by atoms with E-state index < -0.39 is 0 Å². The molecular formula is C16H25NO. The molecule has 1 fully saturated rings. The number of hydrogen-bond donors (Lipinski definition) is 1. The van der Waals surface area contributed by atoms with Crippen molar-refractivity contribution in [1.29, 1.82) is 0 Å². The summed E-state index contributed by atoms with van der Waals surface area (Å²) in [5.41, 5.74) is 2.79. The van der Waals surface area contributed by atoms with Gasteiger partial charge in [0.05, 0.1) is 5.60 Å². The van der Waals surface area contributed by atoms with Crippen molar-refractivity contribution in [2.45, 2.75) is 51.2 Å². The van der Waals surface area contributed by atoms with Gasteiger partial charge in [-0.25, -0.2) is 0 Å². The lowest BCUT2D eigenvalue weighted by Crippen LogP contribution is -2.57. The van der Waals surface area contributed by atoms with Crippen molar-refractivity contribution in [2.24, 2.45) is 0 Å². The third-order valence-corrected chi connectivity index (χ3v) is 4.25. The van der Waals surface area contributed by atoms with Crippen LogP contribution in [-0.4, -0.2) is 25.3 Å². The van der Waals surface area contributed by atoms with Gasteiger partial charge in [0.2, 0.25) is 0 Å².